The van der Waals surface area contributed by atoms with Gasteiger partial charge in [0.1, 0.15) is 61.5 Å². The van der Waals surface area contributed by atoms with Gasteiger partial charge in [0.25, 0.3) is 0 Å². The third-order valence-corrected chi connectivity index (χ3v) is 4.68. The van der Waals surface area contributed by atoms with E-state index in [0.29, 0.717) is 0 Å². The van der Waals surface area contributed by atoms with Crippen molar-refractivity contribution in [2.75, 3.05) is 19.8 Å². The van der Waals surface area contributed by atoms with Gasteiger partial charge in [0, 0.05) is 0 Å². The molecule has 0 amide bonds. The molecule has 2 aliphatic rings. The predicted octanol–water partition coefficient (Wildman–Crippen LogP) is -4.87. The summed E-state index contributed by atoms with van der Waals surface area (Å²) in [5.74, 6) is -3.85. The lowest BCUT2D eigenvalue weighted by atomic mass is 9.99. The number of aliphatic hydroxyl groups is 7. The molecule has 2 aliphatic heterocycles. The summed E-state index contributed by atoms with van der Waals surface area (Å²) in [6.45, 7) is -1.23. The number of Topliss-reactive ketones (excluding diaryl/α,β-unsaturated/α-hetero) is 1. The average molecular weight is 426 g/mol. The molecule has 2 saturated heterocycles. The Bertz CT molecular complexity index is 583. The minimum Gasteiger partial charge on any atom is -0.459 e. The fourth-order valence-electron chi connectivity index (χ4n) is 3.05. The molecule has 7 N–H and O–H groups in total. The molecule has 0 spiro atoms. The zero-order chi connectivity index (χ0) is 21.9. The molecule has 168 valence electrons. The number of hydrogen-bond acceptors (Lipinski definition) is 13. The van der Waals surface area contributed by atoms with Crippen molar-refractivity contribution in [2.24, 2.45) is 0 Å². The van der Waals surface area contributed by atoms with E-state index < -0.39 is 92.8 Å². The van der Waals surface area contributed by atoms with Gasteiger partial charge < -0.3 is 54.7 Å². The first-order valence-corrected chi connectivity index (χ1v) is 8.84. The van der Waals surface area contributed by atoms with Crippen molar-refractivity contribution in [3.05, 3.63) is 0 Å². The molecule has 0 radical (unpaired) electrons. The monoisotopic (exact) mass is 426 g/mol. The van der Waals surface area contributed by atoms with E-state index in [4.69, 9.17) is 18.9 Å². The summed E-state index contributed by atoms with van der Waals surface area (Å²) in [6, 6.07) is 0. The summed E-state index contributed by atoms with van der Waals surface area (Å²) in [7, 11) is 0. The number of carbonyl (C=O) groups excluding carboxylic acids is 2. The number of rotatable bonds is 8. The van der Waals surface area contributed by atoms with Crippen LogP contribution in [0.25, 0.3) is 0 Å². The van der Waals surface area contributed by atoms with Gasteiger partial charge in [0.15, 0.2) is 6.29 Å². The van der Waals surface area contributed by atoms with Crippen LogP contribution in [-0.4, -0.2) is 122 Å². The van der Waals surface area contributed by atoms with Gasteiger partial charge in [-0.05, 0) is 6.92 Å². The topological polar surface area (TPSA) is 213 Å². The maximum atomic E-state index is 11.7. The van der Waals surface area contributed by atoms with E-state index in [2.05, 4.69) is 0 Å². The molecule has 0 saturated carbocycles. The van der Waals surface area contributed by atoms with Crippen molar-refractivity contribution < 1.29 is 64.3 Å². The Balaban J connectivity index is 2.23. The molecule has 13 nitrogen and oxygen atoms in total. The van der Waals surface area contributed by atoms with E-state index in [-0.39, 0.29) is 0 Å². The Morgan fingerprint density at radius 3 is 2.07 bits per heavy atom. The number of aliphatic hydroxyl groups excluding tert-OH is 7. The van der Waals surface area contributed by atoms with Gasteiger partial charge >= 0.3 is 5.97 Å². The highest BCUT2D eigenvalue weighted by molar-refractivity contribution is 5.94. The molecule has 0 aromatic carbocycles. The van der Waals surface area contributed by atoms with Crippen molar-refractivity contribution in [1.82, 2.24) is 0 Å². The summed E-state index contributed by atoms with van der Waals surface area (Å²) < 4.78 is 20.8. The molecule has 29 heavy (non-hydrogen) atoms. The number of carbonyl (C=O) groups is 2. The molecule has 0 unspecified atom stereocenters. The van der Waals surface area contributed by atoms with Crippen LogP contribution in [0.1, 0.15) is 13.3 Å². The molecule has 0 bridgehead atoms. The Kier molecular flexibility index (Phi) is 8.03. The fourth-order valence-corrected chi connectivity index (χ4v) is 3.05. The average Bonchev–Trinajstić information content (AvgIpc) is 2.91. The number of ketones is 1. The normalized spacial score (nSPS) is 42.6. The predicted molar refractivity (Wildman–Crippen MR) is 87.8 cm³/mol. The van der Waals surface area contributed by atoms with Crippen LogP contribution >= 0.6 is 0 Å². The fraction of sp³-hybridized carbons (Fsp3) is 0.875. The molecule has 0 aliphatic carbocycles. The van der Waals surface area contributed by atoms with Crippen molar-refractivity contribution >= 4 is 11.8 Å². The van der Waals surface area contributed by atoms with Crippen molar-refractivity contribution in [3.63, 3.8) is 0 Å². The van der Waals surface area contributed by atoms with Crippen LogP contribution in [0.5, 0.6) is 0 Å². The molecule has 2 rings (SSSR count). The van der Waals surface area contributed by atoms with Crippen LogP contribution in [0, 0.1) is 0 Å². The molecule has 0 aromatic rings. The molecule has 13 heteroatoms. The first-order valence-electron chi connectivity index (χ1n) is 8.84. The zero-order valence-electron chi connectivity index (χ0n) is 15.5. The van der Waals surface area contributed by atoms with Crippen molar-refractivity contribution in [1.29, 1.82) is 0 Å². The Morgan fingerprint density at radius 1 is 0.931 bits per heavy atom. The van der Waals surface area contributed by atoms with Crippen LogP contribution in [0.2, 0.25) is 0 Å². The van der Waals surface area contributed by atoms with Crippen LogP contribution < -0.4 is 0 Å². The van der Waals surface area contributed by atoms with E-state index >= 15 is 0 Å². The van der Waals surface area contributed by atoms with Crippen molar-refractivity contribution in [3.8, 4) is 0 Å². The molecule has 9 atom stereocenters. The second-order valence-corrected chi connectivity index (χ2v) is 6.94. The SMILES string of the molecule is CC(=O)CC(=O)OC[C@@]1(O[C@H]2O[C@H](CO)[C@@H](O)[C@H](O)[C@H]2O)O[C@H](CO)[C@@H](O)[C@@H]1O. The minimum atomic E-state index is -2.35. The van der Waals surface area contributed by atoms with E-state index in [1.165, 1.54) is 0 Å². The van der Waals surface area contributed by atoms with Gasteiger partial charge in [-0.25, -0.2) is 0 Å². The van der Waals surface area contributed by atoms with Gasteiger partial charge in [-0.15, -0.1) is 0 Å². The van der Waals surface area contributed by atoms with Crippen molar-refractivity contribution in [2.45, 2.75) is 68.1 Å². The highest BCUT2D eigenvalue weighted by Crippen LogP contribution is 2.36. The molecule has 0 aromatic heterocycles. The number of ether oxygens (including phenoxy) is 4. The van der Waals surface area contributed by atoms with Crippen LogP contribution in [0.4, 0.5) is 0 Å². The molecular weight excluding hydrogens is 400 g/mol. The standard InChI is InChI=1S/C16H26O13/c1-6(19)2-9(20)26-5-16(14(25)11(22)8(4-18)28-16)29-15-13(24)12(23)10(21)7(3-17)27-15/h7-8,10-15,17-18,21-25H,2-5H2,1H3/t7-,8-,10-,11-,12+,13-,14+,15-,16+/m1/s1. The van der Waals surface area contributed by atoms with Crippen LogP contribution in [0.15, 0.2) is 0 Å². The first-order chi connectivity index (χ1) is 13.6. The van der Waals surface area contributed by atoms with Gasteiger partial charge in [-0.2, -0.15) is 0 Å². The number of hydrogen-bond donors (Lipinski definition) is 7. The lowest BCUT2D eigenvalue weighted by Crippen LogP contribution is -2.62. The second-order valence-electron chi connectivity index (χ2n) is 6.94. The third kappa shape index (κ3) is 5.08. The van der Waals surface area contributed by atoms with Gasteiger partial charge in [-0.1, -0.05) is 0 Å². The lowest BCUT2D eigenvalue weighted by molar-refractivity contribution is -0.383. The second kappa shape index (κ2) is 9.70. The largest absolute Gasteiger partial charge is 0.459 e. The Hall–Kier alpha value is -1.26. The Morgan fingerprint density at radius 2 is 1.55 bits per heavy atom. The molecule has 2 fully saturated rings. The first kappa shape index (κ1) is 24.0. The van der Waals surface area contributed by atoms with E-state index in [9.17, 15) is 45.3 Å². The number of esters is 1. The maximum absolute atomic E-state index is 11.7. The quantitative estimate of drug-likeness (QED) is 0.143. The lowest BCUT2D eigenvalue weighted by Gasteiger charge is -2.43. The highest BCUT2D eigenvalue weighted by Gasteiger charge is 2.59. The van der Waals surface area contributed by atoms with E-state index in [1.807, 2.05) is 0 Å². The summed E-state index contributed by atoms with van der Waals surface area (Å²) in [5, 5.41) is 68.8. The summed E-state index contributed by atoms with van der Waals surface area (Å²) in [5.41, 5.74) is 0. The summed E-state index contributed by atoms with van der Waals surface area (Å²) in [6.07, 6.45) is -14.0. The zero-order valence-corrected chi connectivity index (χ0v) is 15.5. The van der Waals surface area contributed by atoms with Gasteiger partial charge in [-0.3, -0.25) is 9.59 Å². The third-order valence-electron chi connectivity index (χ3n) is 4.68. The molecule has 2 heterocycles. The maximum Gasteiger partial charge on any atom is 0.313 e. The van der Waals surface area contributed by atoms with E-state index in [1.54, 1.807) is 0 Å². The minimum absolute atomic E-state index is 0.500. The van der Waals surface area contributed by atoms with E-state index in [0.717, 1.165) is 6.92 Å². The molecular formula is C16H26O13. The Labute approximate surface area is 165 Å². The van der Waals surface area contributed by atoms with Gasteiger partial charge in [0.2, 0.25) is 5.79 Å². The smallest absolute Gasteiger partial charge is 0.313 e. The summed E-state index contributed by atoms with van der Waals surface area (Å²) >= 11 is 0. The summed E-state index contributed by atoms with van der Waals surface area (Å²) in [4.78, 5) is 22.7. The van der Waals surface area contributed by atoms with Gasteiger partial charge in [0.05, 0.1) is 13.2 Å². The van der Waals surface area contributed by atoms with Crippen LogP contribution in [-0.2, 0) is 28.5 Å². The van der Waals surface area contributed by atoms with Crippen LogP contribution in [0.3, 0.4) is 0 Å². The highest BCUT2D eigenvalue weighted by atomic mass is 16.8.